The minimum Gasteiger partial charge on any atom is -0.394 e. The molecule has 2 saturated heterocycles. The Morgan fingerprint density at radius 1 is 1.13 bits per heavy atom. The second kappa shape index (κ2) is 8.63. The van der Waals surface area contributed by atoms with Crippen molar-refractivity contribution in [2.75, 3.05) is 39.3 Å². The van der Waals surface area contributed by atoms with Crippen molar-refractivity contribution >= 4 is 17.5 Å². The Hall–Kier alpha value is -1.99. The number of carbonyl (C=O) groups excluding carboxylic acids is 1. The SMILES string of the molecule is C[C@@]1(CO)CN(C(=O)c2ccc(Cl)cc2)C[C@@H]2CN(Cc3ccc(F)cc3)CCN21. The fourth-order valence-corrected chi connectivity index (χ4v) is 4.80. The Kier molecular flexibility index (Phi) is 6.11. The Morgan fingerprint density at radius 3 is 2.50 bits per heavy atom. The predicted octanol–water partition coefficient (Wildman–Crippen LogP) is 2.87. The van der Waals surface area contributed by atoms with Gasteiger partial charge in [-0.25, -0.2) is 4.39 Å². The molecule has 1 N–H and O–H groups in total. The van der Waals surface area contributed by atoms with E-state index in [1.54, 1.807) is 24.3 Å². The maximum atomic E-state index is 13.2. The number of halogens is 2. The molecule has 2 heterocycles. The second-order valence-electron chi connectivity index (χ2n) is 8.56. The largest absolute Gasteiger partial charge is 0.394 e. The molecule has 2 aliphatic heterocycles. The molecule has 2 aromatic rings. The van der Waals surface area contributed by atoms with Crippen molar-refractivity contribution in [3.05, 3.63) is 70.5 Å². The van der Waals surface area contributed by atoms with Crippen molar-refractivity contribution < 1.29 is 14.3 Å². The highest BCUT2D eigenvalue weighted by Gasteiger charge is 2.46. The van der Waals surface area contributed by atoms with Crippen molar-refractivity contribution in [2.24, 2.45) is 0 Å². The smallest absolute Gasteiger partial charge is 0.253 e. The van der Waals surface area contributed by atoms with E-state index in [2.05, 4.69) is 9.80 Å². The third-order valence-corrected chi connectivity index (χ3v) is 6.51. The summed E-state index contributed by atoms with van der Waals surface area (Å²) in [7, 11) is 0. The van der Waals surface area contributed by atoms with Gasteiger partial charge in [0.2, 0.25) is 0 Å². The van der Waals surface area contributed by atoms with Gasteiger partial charge in [-0.1, -0.05) is 23.7 Å². The molecule has 0 aromatic heterocycles. The number of piperazine rings is 2. The van der Waals surface area contributed by atoms with Crippen LogP contribution in [0.4, 0.5) is 4.39 Å². The number of nitrogens with zero attached hydrogens (tertiary/aromatic N) is 3. The summed E-state index contributed by atoms with van der Waals surface area (Å²) >= 11 is 5.96. The van der Waals surface area contributed by atoms with E-state index in [9.17, 15) is 14.3 Å². The van der Waals surface area contributed by atoms with Crippen LogP contribution in [-0.2, 0) is 6.54 Å². The highest BCUT2D eigenvalue weighted by atomic mass is 35.5. The van der Waals surface area contributed by atoms with Gasteiger partial charge in [0.05, 0.1) is 12.1 Å². The molecule has 160 valence electrons. The molecule has 4 rings (SSSR count). The predicted molar refractivity (Wildman–Crippen MR) is 115 cm³/mol. The Bertz CT molecular complexity index is 892. The van der Waals surface area contributed by atoms with Gasteiger partial charge in [0, 0.05) is 55.9 Å². The van der Waals surface area contributed by atoms with Gasteiger partial charge in [0.25, 0.3) is 5.91 Å². The third kappa shape index (κ3) is 4.37. The van der Waals surface area contributed by atoms with E-state index in [1.807, 2.05) is 24.0 Å². The van der Waals surface area contributed by atoms with E-state index >= 15 is 0 Å². The van der Waals surface area contributed by atoms with Crippen LogP contribution in [0, 0.1) is 5.82 Å². The first-order chi connectivity index (χ1) is 14.4. The van der Waals surface area contributed by atoms with Crippen molar-refractivity contribution in [3.8, 4) is 0 Å². The molecule has 0 saturated carbocycles. The van der Waals surface area contributed by atoms with Crippen LogP contribution in [0.15, 0.2) is 48.5 Å². The topological polar surface area (TPSA) is 47.0 Å². The molecule has 7 heteroatoms. The summed E-state index contributed by atoms with van der Waals surface area (Å²) in [5.41, 5.74) is 1.19. The normalized spacial score (nSPS) is 25.2. The number of rotatable bonds is 4. The van der Waals surface area contributed by atoms with E-state index < -0.39 is 5.54 Å². The standard InChI is InChI=1S/C23H27ClFN3O2/c1-23(16-29)15-27(22(30)18-4-6-19(24)7-5-18)14-21-13-26(10-11-28(21)23)12-17-2-8-20(25)9-3-17/h2-9,21,29H,10-16H2,1H3/t21-,23-/m0/s1. The number of carbonyl (C=O) groups is 1. The van der Waals surface area contributed by atoms with Crippen LogP contribution in [0.3, 0.4) is 0 Å². The molecule has 5 nitrogen and oxygen atoms in total. The molecule has 0 spiro atoms. The molecule has 2 atom stereocenters. The maximum Gasteiger partial charge on any atom is 0.253 e. The number of amides is 1. The minimum absolute atomic E-state index is 0.00808. The van der Waals surface area contributed by atoms with E-state index in [4.69, 9.17) is 11.6 Å². The monoisotopic (exact) mass is 431 g/mol. The number of aliphatic hydroxyl groups excluding tert-OH is 1. The van der Waals surface area contributed by atoms with Crippen LogP contribution in [0.1, 0.15) is 22.8 Å². The highest BCUT2D eigenvalue weighted by molar-refractivity contribution is 6.30. The summed E-state index contributed by atoms with van der Waals surface area (Å²) in [6.07, 6.45) is 0. The fourth-order valence-electron chi connectivity index (χ4n) is 4.67. The number of fused-ring (bicyclic) bond motifs is 1. The summed E-state index contributed by atoms with van der Waals surface area (Å²) in [6, 6.07) is 13.7. The van der Waals surface area contributed by atoms with Crippen molar-refractivity contribution in [1.29, 1.82) is 0 Å². The van der Waals surface area contributed by atoms with Gasteiger partial charge in [-0.05, 0) is 48.9 Å². The van der Waals surface area contributed by atoms with Gasteiger partial charge in [0.15, 0.2) is 0 Å². The van der Waals surface area contributed by atoms with E-state index in [-0.39, 0.29) is 24.4 Å². The number of benzene rings is 2. The number of hydrogen-bond donors (Lipinski definition) is 1. The zero-order chi connectivity index (χ0) is 21.3. The average Bonchev–Trinajstić information content (AvgIpc) is 2.75. The van der Waals surface area contributed by atoms with Crippen LogP contribution in [0.5, 0.6) is 0 Å². The lowest BCUT2D eigenvalue weighted by atomic mass is 9.91. The molecule has 0 radical (unpaired) electrons. The molecule has 0 unspecified atom stereocenters. The van der Waals surface area contributed by atoms with Crippen molar-refractivity contribution in [2.45, 2.75) is 25.0 Å². The lowest BCUT2D eigenvalue weighted by Gasteiger charge is -2.56. The summed E-state index contributed by atoms with van der Waals surface area (Å²) in [4.78, 5) is 19.7. The van der Waals surface area contributed by atoms with Crippen LogP contribution in [0.2, 0.25) is 5.02 Å². The summed E-state index contributed by atoms with van der Waals surface area (Å²) < 4.78 is 13.2. The molecule has 2 fully saturated rings. The highest BCUT2D eigenvalue weighted by Crippen LogP contribution is 2.30. The summed E-state index contributed by atoms with van der Waals surface area (Å²) in [5, 5.41) is 10.8. The Morgan fingerprint density at radius 2 is 1.83 bits per heavy atom. The van der Waals surface area contributed by atoms with Crippen LogP contribution in [-0.4, -0.2) is 76.6 Å². The first-order valence-electron chi connectivity index (χ1n) is 10.3. The Balaban J connectivity index is 1.50. The van der Waals surface area contributed by atoms with Crippen LogP contribution in [0.25, 0.3) is 0 Å². The maximum absolute atomic E-state index is 13.2. The lowest BCUT2D eigenvalue weighted by Crippen LogP contribution is -2.72. The summed E-state index contributed by atoms with van der Waals surface area (Å²) in [6.45, 7) is 6.34. The molecule has 2 aliphatic rings. The zero-order valence-electron chi connectivity index (χ0n) is 17.1. The van der Waals surface area contributed by atoms with Gasteiger partial charge in [-0.3, -0.25) is 14.6 Å². The second-order valence-corrected chi connectivity index (χ2v) is 8.99. The van der Waals surface area contributed by atoms with E-state index in [1.165, 1.54) is 12.1 Å². The van der Waals surface area contributed by atoms with Crippen LogP contribution < -0.4 is 0 Å². The first-order valence-corrected chi connectivity index (χ1v) is 10.6. The zero-order valence-corrected chi connectivity index (χ0v) is 17.9. The molecular weight excluding hydrogens is 405 g/mol. The van der Waals surface area contributed by atoms with E-state index in [0.29, 0.717) is 23.7 Å². The van der Waals surface area contributed by atoms with Gasteiger partial charge in [-0.15, -0.1) is 0 Å². The minimum atomic E-state index is -0.479. The molecule has 30 heavy (non-hydrogen) atoms. The molecule has 1 amide bonds. The van der Waals surface area contributed by atoms with Crippen molar-refractivity contribution in [3.63, 3.8) is 0 Å². The number of aliphatic hydroxyl groups is 1. The number of hydrogen-bond acceptors (Lipinski definition) is 4. The first kappa shape index (κ1) is 21.2. The molecule has 2 aromatic carbocycles. The fraction of sp³-hybridized carbons (Fsp3) is 0.435. The third-order valence-electron chi connectivity index (χ3n) is 6.26. The van der Waals surface area contributed by atoms with Crippen molar-refractivity contribution in [1.82, 2.24) is 14.7 Å². The average molecular weight is 432 g/mol. The Labute approximate surface area is 181 Å². The van der Waals surface area contributed by atoms with Gasteiger partial charge >= 0.3 is 0 Å². The van der Waals surface area contributed by atoms with Gasteiger partial charge in [0.1, 0.15) is 5.82 Å². The van der Waals surface area contributed by atoms with E-state index in [0.717, 1.165) is 31.7 Å². The lowest BCUT2D eigenvalue weighted by molar-refractivity contribution is -0.0846. The van der Waals surface area contributed by atoms with Gasteiger partial charge in [-0.2, -0.15) is 0 Å². The van der Waals surface area contributed by atoms with Gasteiger partial charge < -0.3 is 10.0 Å². The molecule has 0 aliphatic carbocycles. The molecular formula is C23H27ClFN3O2. The molecule has 0 bridgehead atoms. The quantitative estimate of drug-likeness (QED) is 0.808. The summed E-state index contributed by atoms with van der Waals surface area (Å²) in [5.74, 6) is -0.271. The van der Waals surface area contributed by atoms with Crippen LogP contribution >= 0.6 is 11.6 Å².